The van der Waals surface area contributed by atoms with Crippen LogP contribution < -0.4 is 0 Å². The van der Waals surface area contributed by atoms with Crippen molar-refractivity contribution < 1.29 is 10.3 Å². The highest BCUT2D eigenvalue weighted by atomic mass is 16.1. The van der Waals surface area contributed by atoms with Crippen molar-refractivity contribution in [1.82, 2.24) is 0 Å². The summed E-state index contributed by atoms with van der Waals surface area (Å²) in [5.41, 5.74) is 0. The third-order valence-corrected chi connectivity index (χ3v) is 0.892. The van der Waals surface area contributed by atoms with Crippen LogP contribution in [0.15, 0.2) is 24.3 Å². The summed E-state index contributed by atoms with van der Waals surface area (Å²) in [7, 11) is 0. The number of carbonyl (C=O) groups is 1. The first-order chi connectivity index (χ1) is 6.50. The van der Waals surface area contributed by atoms with Crippen LogP contribution in [0.5, 0.6) is 0 Å². The van der Waals surface area contributed by atoms with Gasteiger partial charge in [0.1, 0.15) is 6.29 Å². The van der Waals surface area contributed by atoms with Crippen molar-refractivity contribution in [3.8, 4) is 0 Å². The van der Waals surface area contributed by atoms with Gasteiger partial charge in [0.25, 0.3) is 0 Å². The minimum Gasteiger partial charge on any atom is -0.299 e. The van der Waals surface area contributed by atoms with Crippen molar-refractivity contribution in [3.63, 3.8) is 0 Å². The number of allylic oxidation sites excluding steroid dienone is 4. The largest absolute Gasteiger partial charge is 0.299 e. The number of carbonyl (C=O) groups excluding carboxylic acids is 1. The molecule has 0 atom stereocenters. The second-order valence-corrected chi connectivity index (χ2v) is 1.69. The van der Waals surface area contributed by atoms with Gasteiger partial charge >= 0.3 is 0 Å². The molecule has 56 valence electrons. The van der Waals surface area contributed by atoms with Crippen LogP contribution >= 0.6 is 0 Å². The van der Waals surface area contributed by atoms with Crippen LogP contribution in [0, 0.1) is 0 Å². The van der Waals surface area contributed by atoms with Gasteiger partial charge in [0.15, 0.2) is 0 Å². The van der Waals surface area contributed by atoms with Crippen LogP contribution in [0.4, 0.5) is 0 Å². The Kier molecular flexibility index (Phi) is 3.36. The first kappa shape index (κ1) is 4.12. The van der Waals surface area contributed by atoms with E-state index in [0.717, 1.165) is 0 Å². The van der Waals surface area contributed by atoms with Crippen molar-refractivity contribution in [3.05, 3.63) is 24.3 Å². The van der Waals surface area contributed by atoms with Gasteiger partial charge in [-0.15, -0.1) is 0 Å². The highest BCUT2D eigenvalue weighted by molar-refractivity contribution is 5.65. The predicted molar refractivity (Wildman–Crippen MR) is 43.9 cm³/mol. The summed E-state index contributed by atoms with van der Waals surface area (Å²) < 4.78 is 28.4. The second-order valence-electron chi connectivity index (χ2n) is 1.69. The molecule has 0 unspecified atom stereocenters. The maximum absolute atomic E-state index is 9.86. The fourth-order valence-electron chi connectivity index (χ4n) is 0.451. The molecule has 0 bridgehead atoms. The SMILES string of the molecule is [2H]C([2H])C([2H])([2H])CC/C=C/C=C/C=O. The molecule has 0 fully saturated rings. The molecule has 0 aromatic carbocycles. The fraction of sp³-hybridized carbons (Fsp3) is 0.444. The number of rotatable bonds is 5. The lowest BCUT2D eigenvalue weighted by Crippen LogP contribution is -1.65. The summed E-state index contributed by atoms with van der Waals surface area (Å²) in [6, 6.07) is 0. The van der Waals surface area contributed by atoms with E-state index in [1.54, 1.807) is 18.2 Å². The Hall–Kier alpha value is -0.850. The molecule has 0 aliphatic carbocycles. The minimum absolute atomic E-state index is 0.149. The van der Waals surface area contributed by atoms with E-state index in [1.807, 2.05) is 0 Å². The molecular formula is C9H14O. The zero-order chi connectivity index (χ0) is 11.0. The predicted octanol–water partition coefficient (Wildman–Crippen LogP) is 2.49. The van der Waals surface area contributed by atoms with Gasteiger partial charge in [0.05, 0.1) is 0 Å². The van der Waals surface area contributed by atoms with Gasteiger partial charge in [0.2, 0.25) is 0 Å². The molecule has 1 heteroatoms. The Morgan fingerprint density at radius 3 is 3.10 bits per heavy atom. The minimum atomic E-state index is -1.77. The summed E-state index contributed by atoms with van der Waals surface area (Å²) in [6.45, 7) is -1.46. The maximum atomic E-state index is 9.86. The third-order valence-electron chi connectivity index (χ3n) is 0.892. The molecule has 0 saturated carbocycles. The van der Waals surface area contributed by atoms with E-state index in [1.165, 1.54) is 6.08 Å². The molecule has 0 aliphatic heterocycles. The lowest BCUT2D eigenvalue weighted by Gasteiger charge is -1.84. The van der Waals surface area contributed by atoms with Gasteiger partial charge < -0.3 is 0 Å². The van der Waals surface area contributed by atoms with Crippen molar-refractivity contribution in [1.29, 1.82) is 0 Å². The fourth-order valence-corrected chi connectivity index (χ4v) is 0.451. The van der Waals surface area contributed by atoms with Gasteiger partial charge in [-0.25, -0.2) is 0 Å². The highest BCUT2D eigenvalue weighted by Crippen LogP contribution is 1.94. The molecule has 10 heavy (non-hydrogen) atoms. The van der Waals surface area contributed by atoms with Crippen LogP contribution in [0.2, 0.25) is 0 Å². The standard InChI is InChI=1S/C9H14O/c1-2-3-4-5-6-7-8-9-10/h5-9H,2-4H2,1H3/b6-5+,8-7+/i1D2,2D2. The van der Waals surface area contributed by atoms with Crippen molar-refractivity contribution in [2.45, 2.75) is 26.1 Å². The molecule has 0 aromatic rings. The number of hydrogen-bond donors (Lipinski definition) is 0. The third kappa shape index (κ3) is 7.15. The van der Waals surface area contributed by atoms with Crippen molar-refractivity contribution in [2.75, 3.05) is 0 Å². The average molecular weight is 142 g/mol. The first-order valence-electron chi connectivity index (χ1n) is 5.27. The zero-order valence-corrected chi connectivity index (χ0v) is 5.79. The highest BCUT2D eigenvalue weighted by Gasteiger charge is 1.74. The summed E-state index contributed by atoms with van der Waals surface area (Å²) in [6.07, 6.45) is 5.75. The van der Waals surface area contributed by atoms with E-state index in [0.29, 0.717) is 12.7 Å². The van der Waals surface area contributed by atoms with Gasteiger partial charge in [0, 0.05) is 5.48 Å². The average Bonchev–Trinajstić information content (AvgIpc) is 2.10. The molecule has 0 rings (SSSR count). The molecule has 0 saturated heterocycles. The Balaban J connectivity index is 3.78. The molecule has 0 aromatic heterocycles. The van der Waals surface area contributed by atoms with Crippen LogP contribution in [0.25, 0.3) is 0 Å². The molecule has 0 spiro atoms. The number of aldehydes is 1. The first-order valence-corrected chi connectivity index (χ1v) is 3.12. The molecule has 0 N–H and O–H groups in total. The van der Waals surface area contributed by atoms with Crippen molar-refractivity contribution in [2.24, 2.45) is 0 Å². The molecular weight excluding hydrogens is 124 g/mol. The lowest BCUT2D eigenvalue weighted by atomic mass is 10.2. The van der Waals surface area contributed by atoms with E-state index in [2.05, 4.69) is 0 Å². The Bertz CT molecular complexity index is 221. The maximum Gasteiger partial charge on any atom is 0.142 e. The molecule has 0 aliphatic rings. The van der Waals surface area contributed by atoms with E-state index in [9.17, 15) is 4.79 Å². The number of hydrogen-bond acceptors (Lipinski definition) is 1. The monoisotopic (exact) mass is 142 g/mol. The quantitative estimate of drug-likeness (QED) is 0.327. The normalized spacial score (nSPS) is 18.9. The van der Waals surface area contributed by atoms with E-state index in [-0.39, 0.29) is 6.42 Å². The van der Waals surface area contributed by atoms with Gasteiger partial charge in [-0.1, -0.05) is 37.9 Å². The molecule has 0 radical (unpaired) electrons. The van der Waals surface area contributed by atoms with Gasteiger partial charge in [-0.05, 0) is 12.5 Å². The molecule has 0 amide bonds. The van der Waals surface area contributed by atoms with Crippen LogP contribution in [-0.2, 0) is 4.79 Å². The topological polar surface area (TPSA) is 17.1 Å². The lowest BCUT2D eigenvalue weighted by molar-refractivity contribution is -0.104. The molecule has 1 nitrogen and oxygen atoms in total. The van der Waals surface area contributed by atoms with E-state index < -0.39 is 13.2 Å². The van der Waals surface area contributed by atoms with Gasteiger partial charge in [-0.3, -0.25) is 4.79 Å². The Morgan fingerprint density at radius 1 is 1.50 bits per heavy atom. The summed E-state index contributed by atoms with van der Waals surface area (Å²) >= 11 is 0. The summed E-state index contributed by atoms with van der Waals surface area (Å²) in [5, 5.41) is 0. The van der Waals surface area contributed by atoms with Gasteiger partial charge in [-0.2, -0.15) is 0 Å². The van der Waals surface area contributed by atoms with Crippen LogP contribution in [-0.4, -0.2) is 6.29 Å². The summed E-state index contributed by atoms with van der Waals surface area (Å²) in [4.78, 5) is 9.86. The van der Waals surface area contributed by atoms with Crippen LogP contribution in [0.3, 0.4) is 0 Å². The van der Waals surface area contributed by atoms with Crippen molar-refractivity contribution >= 4 is 6.29 Å². The second kappa shape index (κ2) is 8.15. The van der Waals surface area contributed by atoms with E-state index >= 15 is 0 Å². The van der Waals surface area contributed by atoms with E-state index in [4.69, 9.17) is 5.48 Å². The summed E-state index contributed by atoms with van der Waals surface area (Å²) in [5.74, 6) is 0. The van der Waals surface area contributed by atoms with Crippen LogP contribution in [0.1, 0.15) is 31.6 Å². The molecule has 0 heterocycles. The zero-order valence-electron chi connectivity index (χ0n) is 9.79. The smallest absolute Gasteiger partial charge is 0.142 e. The Labute approximate surface area is 68.1 Å². The Morgan fingerprint density at radius 2 is 2.40 bits per heavy atom.